The molecule has 1 unspecified atom stereocenters. The molecule has 3 nitrogen and oxygen atoms in total. The van der Waals surface area contributed by atoms with Gasteiger partial charge in [0.15, 0.2) is 0 Å². The second kappa shape index (κ2) is 6.71. The number of halogens is 1. The molecule has 25 heavy (non-hydrogen) atoms. The molecule has 3 aromatic rings. The van der Waals surface area contributed by atoms with Gasteiger partial charge in [-0.2, -0.15) is 0 Å². The average molecular weight is 348 g/mol. The number of hydrogen-bond acceptors (Lipinski definition) is 3. The number of nitrogens with zero attached hydrogens (tertiary/aromatic N) is 2. The summed E-state index contributed by atoms with van der Waals surface area (Å²) < 4.78 is 0. The summed E-state index contributed by atoms with van der Waals surface area (Å²) in [7, 11) is 0. The molecule has 0 aliphatic carbocycles. The summed E-state index contributed by atoms with van der Waals surface area (Å²) in [5, 5.41) is 0.635. The van der Waals surface area contributed by atoms with Crippen LogP contribution >= 0.6 is 11.6 Å². The number of nitrogens with two attached hydrogens (primary N) is 1. The minimum atomic E-state index is -0.328. The zero-order chi connectivity index (χ0) is 17.2. The Hall–Kier alpha value is -2.62. The van der Waals surface area contributed by atoms with E-state index in [1.165, 1.54) is 0 Å². The van der Waals surface area contributed by atoms with Crippen LogP contribution in [0.3, 0.4) is 0 Å². The van der Waals surface area contributed by atoms with Crippen LogP contribution < -0.4 is 5.73 Å². The maximum Gasteiger partial charge on any atom is 0.107 e. The van der Waals surface area contributed by atoms with E-state index in [4.69, 9.17) is 17.3 Å². The Morgan fingerprint density at radius 2 is 1.76 bits per heavy atom. The van der Waals surface area contributed by atoms with Gasteiger partial charge in [-0.3, -0.25) is 4.98 Å². The number of aromatic nitrogens is 1. The van der Waals surface area contributed by atoms with Crippen LogP contribution in [0.15, 0.2) is 78.1 Å². The molecule has 0 saturated carbocycles. The van der Waals surface area contributed by atoms with E-state index >= 15 is 0 Å². The Balaban J connectivity index is 1.77. The fourth-order valence-corrected chi connectivity index (χ4v) is 3.53. The van der Waals surface area contributed by atoms with Gasteiger partial charge in [0.05, 0.1) is 12.2 Å². The van der Waals surface area contributed by atoms with Crippen molar-refractivity contribution in [3.8, 4) is 11.1 Å². The lowest BCUT2D eigenvalue weighted by Gasteiger charge is -2.36. The smallest absolute Gasteiger partial charge is 0.107 e. The minimum absolute atomic E-state index is 0.328. The first kappa shape index (κ1) is 15.9. The predicted molar refractivity (Wildman–Crippen MR) is 102 cm³/mol. The molecule has 0 spiro atoms. The molecule has 2 aromatic carbocycles. The van der Waals surface area contributed by atoms with Crippen molar-refractivity contribution in [2.45, 2.75) is 12.7 Å². The van der Waals surface area contributed by atoms with Crippen LogP contribution in [0.25, 0.3) is 17.2 Å². The molecule has 4 rings (SSSR count). The molecule has 2 heterocycles. The largest absolute Gasteiger partial charge is 0.337 e. The molecule has 0 saturated heterocycles. The van der Waals surface area contributed by atoms with E-state index in [9.17, 15) is 0 Å². The zero-order valence-electron chi connectivity index (χ0n) is 13.6. The lowest BCUT2D eigenvalue weighted by Crippen LogP contribution is -2.35. The summed E-state index contributed by atoms with van der Waals surface area (Å²) in [4.78, 5) is 6.38. The Labute approximate surface area is 152 Å². The second-order valence-electron chi connectivity index (χ2n) is 6.04. The highest BCUT2D eigenvalue weighted by Crippen LogP contribution is 2.39. The fourth-order valence-electron chi connectivity index (χ4n) is 3.25. The number of rotatable bonds is 3. The van der Waals surface area contributed by atoms with Gasteiger partial charge in [-0.15, -0.1) is 0 Å². The molecule has 1 aliphatic rings. The standard InChI is InChI=1S/C21H18ClN3/c22-19-13-16-9-6-11-18(15-7-2-1-3-8-15)20(16)21(23)25(19)14-17-10-4-5-12-24-17/h1-13,21H,14,23H2. The first-order valence-corrected chi connectivity index (χ1v) is 8.59. The van der Waals surface area contributed by atoms with Gasteiger partial charge in [0.2, 0.25) is 0 Å². The molecule has 1 atom stereocenters. The van der Waals surface area contributed by atoms with Crippen molar-refractivity contribution in [2.24, 2.45) is 5.73 Å². The van der Waals surface area contributed by atoms with Crippen molar-refractivity contribution < 1.29 is 0 Å². The van der Waals surface area contributed by atoms with Crippen LogP contribution in [0.4, 0.5) is 0 Å². The number of benzene rings is 2. The molecule has 0 radical (unpaired) electrons. The lowest BCUT2D eigenvalue weighted by atomic mass is 9.91. The number of pyridine rings is 1. The highest BCUT2D eigenvalue weighted by Gasteiger charge is 2.27. The summed E-state index contributed by atoms with van der Waals surface area (Å²) in [5.41, 5.74) is 12.0. The van der Waals surface area contributed by atoms with E-state index in [1.807, 2.05) is 53.4 Å². The van der Waals surface area contributed by atoms with Crippen molar-refractivity contribution in [1.29, 1.82) is 0 Å². The van der Waals surface area contributed by atoms with Gasteiger partial charge in [-0.1, -0.05) is 66.2 Å². The molecule has 2 N–H and O–H groups in total. The highest BCUT2D eigenvalue weighted by atomic mass is 35.5. The van der Waals surface area contributed by atoms with E-state index in [2.05, 4.69) is 29.2 Å². The Morgan fingerprint density at radius 1 is 0.960 bits per heavy atom. The molecule has 0 fully saturated rings. The van der Waals surface area contributed by atoms with Crippen LogP contribution in [-0.4, -0.2) is 9.88 Å². The average Bonchev–Trinajstić information content (AvgIpc) is 2.66. The van der Waals surface area contributed by atoms with E-state index in [1.54, 1.807) is 6.20 Å². The first-order valence-electron chi connectivity index (χ1n) is 8.22. The quantitative estimate of drug-likeness (QED) is 0.694. The van der Waals surface area contributed by atoms with Gasteiger partial charge >= 0.3 is 0 Å². The lowest BCUT2D eigenvalue weighted by molar-refractivity contribution is 0.264. The van der Waals surface area contributed by atoms with E-state index in [-0.39, 0.29) is 6.17 Å². The third kappa shape index (κ3) is 3.04. The first-order chi connectivity index (χ1) is 12.2. The topological polar surface area (TPSA) is 42.1 Å². The highest BCUT2D eigenvalue weighted by molar-refractivity contribution is 6.31. The Morgan fingerprint density at radius 3 is 2.52 bits per heavy atom. The molecule has 4 heteroatoms. The van der Waals surface area contributed by atoms with Crippen LogP contribution in [0, 0.1) is 0 Å². The molecule has 124 valence electrons. The summed E-state index contributed by atoms with van der Waals surface area (Å²) in [6, 6.07) is 22.4. The fraction of sp³-hybridized carbons (Fsp3) is 0.0952. The summed E-state index contributed by atoms with van der Waals surface area (Å²) in [6.07, 6.45) is 3.44. The Bertz CT molecular complexity index is 907. The number of hydrogen-bond donors (Lipinski definition) is 1. The number of fused-ring (bicyclic) bond motifs is 1. The summed E-state index contributed by atoms with van der Waals surface area (Å²) in [5.74, 6) is 0. The van der Waals surface area contributed by atoms with Gasteiger partial charge in [-0.05, 0) is 34.9 Å². The monoisotopic (exact) mass is 347 g/mol. The van der Waals surface area contributed by atoms with Crippen LogP contribution in [0.5, 0.6) is 0 Å². The van der Waals surface area contributed by atoms with Gasteiger partial charge in [0.25, 0.3) is 0 Å². The van der Waals surface area contributed by atoms with E-state index in [0.717, 1.165) is 27.9 Å². The molecule has 0 bridgehead atoms. The van der Waals surface area contributed by atoms with E-state index < -0.39 is 0 Å². The van der Waals surface area contributed by atoms with Crippen LogP contribution in [0.2, 0.25) is 0 Å². The van der Waals surface area contributed by atoms with E-state index in [0.29, 0.717) is 11.7 Å². The Kier molecular flexibility index (Phi) is 4.26. The molecule has 1 aromatic heterocycles. The zero-order valence-corrected chi connectivity index (χ0v) is 14.4. The summed E-state index contributed by atoms with van der Waals surface area (Å²) in [6.45, 7) is 0.569. The maximum atomic E-state index is 6.64. The van der Waals surface area contributed by atoms with Gasteiger partial charge in [0.1, 0.15) is 11.3 Å². The molecular weight excluding hydrogens is 330 g/mol. The SMILES string of the molecule is NC1c2c(cccc2-c2ccccc2)C=C(Cl)N1Cc1ccccn1. The van der Waals surface area contributed by atoms with Crippen molar-refractivity contribution in [1.82, 2.24) is 9.88 Å². The van der Waals surface area contributed by atoms with Crippen LogP contribution in [-0.2, 0) is 6.54 Å². The predicted octanol–water partition coefficient (Wildman–Crippen LogP) is 4.76. The third-order valence-electron chi connectivity index (χ3n) is 4.46. The molecule has 1 aliphatic heterocycles. The second-order valence-corrected chi connectivity index (χ2v) is 6.42. The van der Waals surface area contributed by atoms with Crippen molar-refractivity contribution in [2.75, 3.05) is 0 Å². The normalized spacial score (nSPS) is 16.3. The van der Waals surface area contributed by atoms with Gasteiger partial charge in [0, 0.05) is 11.8 Å². The summed E-state index contributed by atoms with van der Waals surface area (Å²) >= 11 is 6.53. The van der Waals surface area contributed by atoms with Crippen molar-refractivity contribution in [3.05, 3.63) is 94.9 Å². The molecule has 0 amide bonds. The molecular formula is C21H18ClN3. The minimum Gasteiger partial charge on any atom is -0.337 e. The van der Waals surface area contributed by atoms with Crippen molar-refractivity contribution >= 4 is 17.7 Å². The maximum absolute atomic E-state index is 6.64. The van der Waals surface area contributed by atoms with Crippen LogP contribution in [0.1, 0.15) is 23.0 Å². The van der Waals surface area contributed by atoms with Crippen molar-refractivity contribution in [3.63, 3.8) is 0 Å². The van der Waals surface area contributed by atoms with Gasteiger partial charge in [-0.25, -0.2) is 0 Å². The van der Waals surface area contributed by atoms with Gasteiger partial charge < -0.3 is 10.6 Å². The third-order valence-corrected chi connectivity index (χ3v) is 4.79.